The zero-order valence-electron chi connectivity index (χ0n) is 12.2. The molecule has 0 saturated carbocycles. The summed E-state index contributed by atoms with van der Waals surface area (Å²) in [5.74, 6) is -1.25. The standard InChI is InChI=1S/C15H12Cl2FN3O3/c16-12-8-13(17)14(18)7-11(12)15(22)20-6-5-19-9-1-3-10(4-2-9)21(23)24/h1-4,7-8,19H,5-6H2,(H,20,22). The number of hydrogen-bond acceptors (Lipinski definition) is 4. The van der Waals surface area contributed by atoms with E-state index in [2.05, 4.69) is 10.6 Å². The summed E-state index contributed by atoms with van der Waals surface area (Å²) in [7, 11) is 0. The van der Waals surface area contributed by atoms with Crippen LogP contribution < -0.4 is 10.6 Å². The number of nitrogens with zero attached hydrogens (tertiary/aromatic N) is 1. The number of carbonyl (C=O) groups is 1. The van der Waals surface area contributed by atoms with Gasteiger partial charge in [-0.3, -0.25) is 14.9 Å². The van der Waals surface area contributed by atoms with Gasteiger partial charge in [0.25, 0.3) is 11.6 Å². The Bertz CT molecular complexity index is 769. The Morgan fingerprint density at radius 2 is 1.79 bits per heavy atom. The number of hydrogen-bond donors (Lipinski definition) is 2. The van der Waals surface area contributed by atoms with Crippen LogP contribution in [0.25, 0.3) is 0 Å². The van der Waals surface area contributed by atoms with Crippen LogP contribution in [0.5, 0.6) is 0 Å². The number of nitrogens with one attached hydrogen (secondary N) is 2. The van der Waals surface area contributed by atoms with Crippen molar-refractivity contribution in [3.8, 4) is 0 Å². The van der Waals surface area contributed by atoms with Crippen molar-refractivity contribution in [1.29, 1.82) is 0 Å². The summed E-state index contributed by atoms with van der Waals surface area (Å²) < 4.78 is 13.4. The first-order valence-electron chi connectivity index (χ1n) is 6.79. The fourth-order valence-corrected chi connectivity index (χ4v) is 2.34. The number of anilines is 1. The minimum absolute atomic E-state index is 0.00565. The van der Waals surface area contributed by atoms with Crippen molar-refractivity contribution in [2.75, 3.05) is 18.4 Å². The molecule has 0 saturated heterocycles. The zero-order chi connectivity index (χ0) is 17.7. The molecule has 0 aliphatic heterocycles. The fourth-order valence-electron chi connectivity index (χ4n) is 1.88. The minimum Gasteiger partial charge on any atom is -0.383 e. The predicted molar refractivity (Wildman–Crippen MR) is 90.3 cm³/mol. The van der Waals surface area contributed by atoms with Gasteiger partial charge in [-0.05, 0) is 24.3 Å². The summed E-state index contributed by atoms with van der Waals surface area (Å²) in [6, 6.07) is 8.01. The molecule has 24 heavy (non-hydrogen) atoms. The van der Waals surface area contributed by atoms with Crippen LogP contribution in [0, 0.1) is 15.9 Å². The van der Waals surface area contributed by atoms with Crippen molar-refractivity contribution in [1.82, 2.24) is 5.32 Å². The van der Waals surface area contributed by atoms with E-state index in [0.29, 0.717) is 12.2 Å². The van der Waals surface area contributed by atoms with Gasteiger partial charge in [-0.25, -0.2) is 4.39 Å². The van der Waals surface area contributed by atoms with Crippen LogP contribution in [-0.2, 0) is 0 Å². The van der Waals surface area contributed by atoms with Crippen molar-refractivity contribution in [3.05, 3.63) is 67.9 Å². The van der Waals surface area contributed by atoms with E-state index < -0.39 is 16.6 Å². The maximum absolute atomic E-state index is 13.4. The first-order chi connectivity index (χ1) is 11.4. The second kappa shape index (κ2) is 7.94. The van der Waals surface area contributed by atoms with Crippen LogP contribution in [0.4, 0.5) is 15.8 Å². The topological polar surface area (TPSA) is 84.3 Å². The number of rotatable bonds is 6. The van der Waals surface area contributed by atoms with Gasteiger partial charge in [0.15, 0.2) is 0 Å². The predicted octanol–water partition coefficient (Wildman–Crippen LogP) is 3.88. The third-order valence-electron chi connectivity index (χ3n) is 3.07. The Morgan fingerprint density at radius 1 is 1.12 bits per heavy atom. The van der Waals surface area contributed by atoms with Gasteiger partial charge in [0.05, 0.1) is 20.5 Å². The van der Waals surface area contributed by atoms with Crippen molar-refractivity contribution < 1.29 is 14.1 Å². The van der Waals surface area contributed by atoms with Gasteiger partial charge >= 0.3 is 0 Å². The van der Waals surface area contributed by atoms with E-state index in [0.717, 1.165) is 6.07 Å². The third-order valence-corrected chi connectivity index (χ3v) is 3.67. The number of nitro groups is 1. The second-order valence-electron chi connectivity index (χ2n) is 4.73. The second-order valence-corrected chi connectivity index (χ2v) is 5.55. The van der Waals surface area contributed by atoms with Gasteiger partial charge < -0.3 is 10.6 Å². The molecule has 0 fully saturated rings. The lowest BCUT2D eigenvalue weighted by molar-refractivity contribution is -0.384. The van der Waals surface area contributed by atoms with Crippen LogP contribution in [0.1, 0.15) is 10.4 Å². The molecule has 0 aliphatic carbocycles. The van der Waals surface area contributed by atoms with Gasteiger partial charge in [0, 0.05) is 30.9 Å². The molecule has 1 amide bonds. The van der Waals surface area contributed by atoms with Crippen molar-refractivity contribution in [3.63, 3.8) is 0 Å². The molecule has 0 radical (unpaired) electrons. The van der Waals surface area contributed by atoms with E-state index in [1.54, 1.807) is 12.1 Å². The summed E-state index contributed by atoms with van der Waals surface area (Å²) in [6.07, 6.45) is 0. The number of halogens is 3. The van der Waals surface area contributed by atoms with E-state index in [4.69, 9.17) is 23.2 Å². The largest absolute Gasteiger partial charge is 0.383 e. The average Bonchev–Trinajstić information content (AvgIpc) is 2.55. The summed E-state index contributed by atoms with van der Waals surface area (Å²) in [5, 5.41) is 16.0. The number of amides is 1. The van der Waals surface area contributed by atoms with Crippen LogP contribution in [0.2, 0.25) is 10.0 Å². The van der Waals surface area contributed by atoms with Crippen LogP contribution in [0.15, 0.2) is 36.4 Å². The van der Waals surface area contributed by atoms with Crippen molar-refractivity contribution in [2.45, 2.75) is 0 Å². The lowest BCUT2D eigenvalue weighted by atomic mass is 10.2. The maximum Gasteiger partial charge on any atom is 0.269 e. The maximum atomic E-state index is 13.4. The summed E-state index contributed by atoms with van der Waals surface area (Å²) in [4.78, 5) is 22.0. The molecule has 0 spiro atoms. The Morgan fingerprint density at radius 3 is 2.42 bits per heavy atom. The zero-order valence-corrected chi connectivity index (χ0v) is 13.7. The molecule has 2 N–H and O–H groups in total. The van der Waals surface area contributed by atoms with Gasteiger partial charge in [-0.2, -0.15) is 0 Å². The molecule has 0 bridgehead atoms. The quantitative estimate of drug-likeness (QED) is 0.349. The highest BCUT2D eigenvalue weighted by Gasteiger charge is 2.13. The summed E-state index contributed by atoms with van der Waals surface area (Å²) in [6.45, 7) is 0.619. The third kappa shape index (κ3) is 4.56. The van der Waals surface area contributed by atoms with Crippen LogP contribution in [0.3, 0.4) is 0 Å². The number of benzene rings is 2. The smallest absolute Gasteiger partial charge is 0.269 e. The van der Waals surface area contributed by atoms with Gasteiger partial charge in [0.1, 0.15) is 5.82 Å². The molecule has 2 rings (SSSR count). The van der Waals surface area contributed by atoms with Gasteiger partial charge in [-0.1, -0.05) is 23.2 Å². The van der Waals surface area contributed by atoms with E-state index in [1.165, 1.54) is 18.2 Å². The van der Waals surface area contributed by atoms with E-state index in [9.17, 15) is 19.3 Å². The Balaban J connectivity index is 1.85. The highest BCUT2D eigenvalue weighted by atomic mass is 35.5. The molecular weight excluding hydrogens is 360 g/mol. The average molecular weight is 372 g/mol. The lowest BCUT2D eigenvalue weighted by Gasteiger charge is -2.09. The molecule has 0 heterocycles. The molecule has 9 heteroatoms. The molecule has 0 atom stereocenters. The summed E-state index contributed by atoms with van der Waals surface area (Å²) in [5.41, 5.74) is 0.660. The van der Waals surface area contributed by atoms with Crippen LogP contribution in [-0.4, -0.2) is 23.9 Å². The van der Waals surface area contributed by atoms with Crippen molar-refractivity contribution >= 4 is 40.5 Å². The normalized spacial score (nSPS) is 10.3. The van der Waals surface area contributed by atoms with Gasteiger partial charge in [-0.15, -0.1) is 0 Å². The van der Waals surface area contributed by atoms with E-state index in [-0.39, 0.29) is 27.8 Å². The molecule has 2 aromatic carbocycles. The lowest BCUT2D eigenvalue weighted by Crippen LogP contribution is -2.29. The molecule has 0 unspecified atom stereocenters. The van der Waals surface area contributed by atoms with Crippen LogP contribution >= 0.6 is 23.2 Å². The molecule has 6 nitrogen and oxygen atoms in total. The first kappa shape index (κ1) is 18.0. The highest BCUT2D eigenvalue weighted by Crippen LogP contribution is 2.24. The van der Waals surface area contributed by atoms with Gasteiger partial charge in [0.2, 0.25) is 0 Å². The molecule has 0 aliphatic rings. The SMILES string of the molecule is O=C(NCCNc1ccc([N+](=O)[O-])cc1)c1cc(F)c(Cl)cc1Cl. The molecular formula is C15H12Cl2FN3O3. The molecule has 0 aromatic heterocycles. The number of non-ortho nitro benzene ring substituents is 1. The number of nitro benzene ring substituents is 1. The van der Waals surface area contributed by atoms with E-state index >= 15 is 0 Å². The van der Waals surface area contributed by atoms with E-state index in [1.807, 2.05) is 0 Å². The molecule has 126 valence electrons. The highest BCUT2D eigenvalue weighted by molar-refractivity contribution is 6.36. The fraction of sp³-hybridized carbons (Fsp3) is 0.133. The Kier molecular flexibility index (Phi) is 5.94. The van der Waals surface area contributed by atoms with Crippen molar-refractivity contribution in [2.24, 2.45) is 0 Å². The first-order valence-corrected chi connectivity index (χ1v) is 7.55. The number of carbonyl (C=O) groups excluding carboxylic acids is 1. The Hall–Kier alpha value is -2.38. The minimum atomic E-state index is -0.727. The monoisotopic (exact) mass is 371 g/mol. The Labute approximate surface area is 146 Å². The molecule has 2 aromatic rings. The summed E-state index contributed by atoms with van der Waals surface area (Å²) >= 11 is 11.4.